The maximum atomic E-state index is 12.2. The van der Waals surface area contributed by atoms with E-state index >= 15 is 0 Å². The summed E-state index contributed by atoms with van der Waals surface area (Å²) in [7, 11) is 0. The van der Waals surface area contributed by atoms with Crippen LogP contribution in [-0.2, 0) is 9.53 Å². The first-order chi connectivity index (χ1) is 8.81. The molecule has 1 unspecified atom stereocenters. The van der Waals surface area contributed by atoms with Crippen molar-refractivity contribution in [2.75, 3.05) is 32.8 Å². The summed E-state index contributed by atoms with van der Waals surface area (Å²) in [5, 5.41) is 3.42. The van der Waals surface area contributed by atoms with Gasteiger partial charge < -0.3 is 15.0 Å². The molecule has 1 amide bonds. The Bertz CT molecular complexity index is 261. The molecule has 2 rings (SSSR count). The van der Waals surface area contributed by atoms with Gasteiger partial charge in [0, 0.05) is 19.2 Å². The van der Waals surface area contributed by atoms with Crippen LogP contribution in [0.2, 0.25) is 0 Å². The number of hydrogen-bond donors (Lipinski definition) is 1. The summed E-state index contributed by atoms with van der Waals surface area (Å²) in [4.78, 5) is 14.2. The molecular formula is C14H26N2O2. The lowest BCUT2D eigenvalue weighted by molar-refractivity contribution is -0.137. The van der Waals surface area contributed by atoms with E-state index in [-0.39, 0.29) is 12.5 Å². The maximum absolute atomic E-state index is 12.2. The summed E-state index contributed by atoms with van der Waals surface area (Å²) >= 11 is 0. The molecule has 4 heteroatoms. The SMILES string of the molecule is CCCOCC(=O)N(CC1CCCNC1)C1CC1. The highest BCUT2D eigenvalue weighted by atomic mass is 16.5. The van der Waals surface area contributed by atoms with Crippen molar-refractivity contribution in [3.05, 3.63) is 0 Å². The topological polar surface area (TPSA) is 41.6 Å². The molecule has 0 aromatic heterocycles. The standard InChI is InChI=1S/C14H26N2O2/c1-2-8-18-11-14(17)16(13-5-6-13)10-12-4-3-7-15-9-12/h12-13,15H,2-11H2,1H3. The van der Waals surface area contributed by atoms with Crippen molar-refractivity contribution in [3.8, 4) is 0 Å². The fourth-order valence-electron chi connectivity index (χ4n) is 2.59. The monoisotopic (exact) mass is 254 g/mol. The second-order valence-corrected chi connectivity index (χ2v) is 5.54. The first-order valence-corrected chi connectivity index (χ1v) is 7.39. The highest BCUT2D eigenvalue weighted by Crippen LogP contribution is 2.28. The molecule has 0 aromatic rings. The molecule has 1 aliphatic carbocycles. The lowest BCUT2D eigenvalue weighted by atomic mass is 9.99. The van der Waals surface area contributed by atoms with Crippen molar-refractivity contribution >= 4 is 5.91 Å². The van der Waals surface area contributed by atoms with Gasteiger partial charge in [0.05, 0.1) is 0 Å². The molecule has 0 spiro atoms. The Morgan fingerprint density at radius 1 is 1.39 bits per heavy atom. The molecule has 4 nitrogen and oxygen atoms in total. The average molecular weight is 254 g/mol. The number of piperidine rings is 1. The van der Waals surface area contributed by atoms with Crippen molar-refractivity contribution in [2.45, 2.75) is 45.1 Å². The molecular weight excluding hydrogens is 228 g/mol. The Hall–Kier alpha value is -0.610. The Morgan fingerprint density at radius 2 is 2.22 bits per heavy atom. The Balaban J connectivity index is 1.77. The van der Waals surface area contributed by atoms with Gasteiger partial charge in [-0.25, -0.2) is 0 Å². The van der Waals surface area contributed by atoms with Crippen LogP contribution in [-0.4, -0.2) is 49.7 Å². The van der Waals surface area contributed by atoms with E-state index in [1.807, 2.05) is 0 Å². The summed E-state index contributed by atoms with van der Waals surface area (Å²) in [6.45, 7) is 6.14. The van der Waals surface area contributed by atoms with Crippen molar-refractivity contribution < 1.29 is 9.53 Å². The number of nitrogens with zero attached hydrogens (tertiary/aromatic N) is 1. The summed E-state index contributed by atoms with van der Waals surface area (Å²) < 4.78 is 5.39. The Kier molecular flexibility index (Phi) is 5.45. The fourth-order valence-corrected chi connectivity index (χ4v) is 2.59. The summed E-state index contributed by atoms with van der Waals surface area (Å²) in [5.74, 6) is 0.825. The van der Waals surface area contributed by atoms with Gasteiger partial charge in [-0.3, -0.25) is 4.79 Å². The highest BCUT2D eigenvalue weighted by molar-refractivity contribution is 5.78. The Labute approximate surface area is 110 Å². The zero-order chi connectivity index (χ0) is 12.8. The third kappa shape index (κ3) is 4.25. The number of amides is 1. The van der Waals surface area contributed by atoms with Gasteiger partial charge in [0.1, 0.15) is 6.61 Å². The molecule has 18 heavy (non-hydrogen) atoms. The number of nitrogens with one attached hydrogen (secondary N) is 1. The number of carbonyl (C=O) groups is 1. The lowest BCUT2D eigenvalue weighted by Crippen LogP contribution is -2.43. The van der Waals surface area contributed by atoms with Gasteiger partial charge in [-0.05, 0) is 51.1 Å². The van der Waals surface area contributed by atoms with Crippen molar-refractivity contribution in [2.24, 2.45) is 5.92 Å². The zero-order valence-electron chi connectivity index (χ0n) is 11.5. The molecule has 1 heterocycles. The Morgan fingerprint density at radius 3 is 2.83 bits per heavy atom. The van der Waals surface area contributed by atoms with Crippen LogP contribution in [0.25, 0.3) is 0 Å². The summed E-state index contributed by atoms with van der Waals surface area (Å²) in [5.41, 5.74) is 0. The van der Waals surface area contributed by atoms with Gasteiger partial charge >= 0.3 is 0 Å². The van der Waals surface area contributed by atoms with Crippen LogP contribution in [0.3, 0.4) is 0 Å². The average Bonchev–Trinajstić information content (AvgIpc) is 3.21. The normalized spacial score (nSPS) is 23.9. The van der Waals surface area contributed by atoms with Crippen LogP contribution in [0.15, 0.2) is 0 Å². The van der Waals surface area contributed by atoms with Crippen molar-refractivity contribution in [3.63, 3.8) is 0 Å². The first-order valence-electron chi connectivity index (χ1n) is 7.39. The van der Waals surface area contributed by atoms with Crippen LogP contribution in [0, 0.1) is 5.92 Å². The van der Waals surface area contributed by atoms with Crippen LogP contribution < -0.4 is 5.32 Å². The summed E-state index contributed by atoms with van der Waals surface area (Å²) in [6, 6.07) is 0.504. The van der Waals surface area contributed by atoms with E-state index in [1.54, 1.807) is 0 Å². The molecule has 0 radical (unpaired) electrons. The predicted octanol–water partition coefficient (Wildman–Crippen LogP) is 1.40. The van der Waals surface area contributed by atoms with E-state index < -0.39 is 0 Å². The lowest BCUT2D eigenvalue weighted by Gasteiger charge is -2.30. The highest BCUT2D eigenvalue weighted by Gasteiger charge is 2.34. The van der Waals surface area contributed by atoms with Gasteiger partial charge in [-0.2, -0.15) is 0 Å². The third-order valence-corrected chi connectivity index (χ3v) is 3.74. The number of carbonyl (C=O) groups excluding carboxylic acids is 1. The quantitative estimate of drug-likeness (QED) is 0.698. The largest absolute Gasteiger partial charge is 0.372 e. The van der Waals surface area contributed by atoms with E-state index in [0.717, 1.165) is 26.1 Å². The minimum absolute atomic E-state index is 0.191. The second-order valence-electron chi connectivity index (χ2n) is 5.54. The van der Waals surface area contributed by atoms with E-state index in [1.165, 1.54) is 25.7 Å². The molecule has 1 saturated carbocycles. The molecule has 0 aromatic carbocycles. The van der Waals surface area contributed by atoms with Crippen LogP contribution >= 0.6 is 0 Å². The smallest absolute Gasteiger partial charge is 0.248 e. The minimum atomic E-state index is 0.191. The van der Waals surface area contributed by atoms with Crippen molar-refractivity contribution in [1.82, 2.24) is 10.2 Å². The molecule has 2 aliphatic rings. The summed E-state index contributed by atoms with van der Waals surface area (Å²) in [6.07, 6.45) is 5.83. The predicted molar refractivity (Wildman–Crippen MR) is 71.4 cm³/mol. The van der Waals surface area contributed by atoms with E-state index in [9.17, 15) is 4.79 Å². The van der Waals surface area contributed by atoms with E-state index in [4.69, 9.17) is 4.74 Å². The van der Waals surface area contributed by atoms with Gasteiger partial charge in [0.25, 0.3) is 0 Å². The number of ether oxygens (including phenoxy) is 1. The molecule has 2 fully saturated rings. The van der Waals surface area contributed by atoms with Crippen LogP contribution in [0.4, 0.5) is 0 Å². The molecule has 1 aliphatic heterocycles. The van der Waals surface area contributed by atoms with E-state index in [0.29, 0.717) is 18.6 Å². The fraction of sp³-hybridized carbons (Fsp3) is 0.929. The zero-order valence-corrected chi connectivity index (χ0v) is 11.5. The van der Waals surface area contributed by atoms with Crippen LogP contribution in [0.5, 0.6) is 0 Å². The number of hydrogen-bond acceptors (Lipinski definition) is 3. The van der Waals surface area contributed by atoms with E-state index in [2.05, 4.69) is 17.1 Å². The molecule has 1 saturated heterocycles. The molecule has 104 valence electrons. The molecule has 0 bridgehead atoms. The molecule has 1 atom stereocenters. The number of rotatable bonds is 7. The maximum Gasteiger partial charge on any atom is 0.248 e. The molecule has 1 N–H and O–H groups in total. The van der Waals surface area contributed by atoms with Gasteiger partial charge in [0.15, 0.2) is 0 Å². The van der Waals surface area contributed by atoms with Crippen molar-refractivity contribution in [1.29, 1.82) is 0 Å². The minimum Gasteiger partial charge on any atom is -0.372 e. The first kappa shape index (κ1) is 13.8. The van der Waals surface area contributed by atoms with Gasteiger partial charge in [-0.1, -0.05) is 6.92 Å². The van der Waals surface area contributed by atoms with Gasteiger partial charge in [0.2, 0.25) is 5.91 Å². The van der Waals surface area contributed by atoms with Crippen LogP contribution in [0.1, 0.15) is 39.0 Å². The third-order valence-electron chi connectivity index (χ3n) is 3.74. The second kappa shape index (κ2) is 7.10. The van der Waals surface area contributed by atoms with Gasteiger partial charge in [-0.15, -0.1) is 0 Å².